The summed E-state index contributed by atoms with van der Waals surface area (Å²) in [6.45, 7) is 6.54. The number of hydrogen-bond donors (Lipinski definition) is 0. The Morgan fingerprint density at radius 2 is 1.39 bits per heavy atom. The molecule has 0 N–H and O–H groups in total. The number of benzene rings is 3. The van der Waals surface area contributed by atoms with Crippen molar-refractivity contribution >= 4 is 21.9 Å². The Hall–Kier alpha value is -2.54. The van der Waals surface area contributed by atoms with E-state index in [0.29, 0.717) is 5.92 Å². The SMILES string of the molecule is Cc1cccc2c1oc1c(-c3ccc(C(C)C)cc3)cccc12. The van der Waals surface area contributed by atoms with Crippen molar-refractivity contribution in [1.82, 2.24) is 0 Å². The van der Waals surface area contributed by atoms with Crippen LogP contribution in [0.1, 0.15) is 30.9 Å². The van der Waals surface area contributed by atoms with Gasteiger partial charge in [0, 0.05) is 16.3 Å². The van der Waals surface area contributed by atoms with Gasteiger partial charge in [-0.05, 0) is 29.5 Å². The molecule has 1 heteroatoms. The smallest absolute Gasteiger partial charge is 0.143 e. The third-order valence-corrected chi connectivity index (χ3v) is 4.61. The van der Waals surface area contributed by atoms with Gasteiger partial charge in [0.25, 0.3) is 0 Å². The molecule has 0 amide bonds. The molecular formula is C22H20O. The molecule has 1 aromatic heterocycles. The van der Waals surface area contributed by atoms with Gasteiger partial charge < -0.3 is 4.42 Å². The van der Waals surface area contributed by atoms with Crippen molar-refractivity contribution in [3.8, 4) is 11.1 Å². The summed E-state index contributed by atoms with van der Waals surface area (Å²) in [5.41, 5.74) is 6.88. The van der Waals surface area contributed by atoms with Crippen LogP contribution in [0.2, 0.25) is 0 Å². The average Bonchev–Trinajstić information content (AvgIpc) is 2.95. The molecule has 0 bridgehead atoms. The lowest BCUT2D eigenvalue weighted by atomic mass is 9.97. The quantitative estimate of drug-likeness (QED) is 0.402. The van der Waals surface area contributed by atoms with E-state index in [1.807, 2.05) is 0 Å². The zero-order chi connectivity index (χ0) is 16.0. The van der Waals surface area contributed by atoms with Crippen molar-refractivity contribution in [2.24, 2.45) is 0 Å². The zero-order valence-corrected chi connectivity index (χ0v) is 13.8. The van der Waals surface area contributed by atoms with Gasteiger partial charge in [0.1, 0.15) is 11.2 Å². The van der Waals surface area contributed by atoms with Crippen molar-refractivity contribution in [1.29, 1.82) is 0 Å². The molecule has 114 valence electrons. The minimum Gasteiger partial charge on any atom is -0.455 e. The molecule has 1 heterocycles. The minimum absolute atomic E-state index is 0.550. The second-order valence-corrected chi connectivity index (χ2v) is 6.51. The predicted molar refractivity (Wildman–Crippen MR) is 98.0 cm³/mol. The van der Waals surface area contributed by atoms with Crippen molar-refractivity contribution in [2.75, 3.05) is 0 Å². The Morgan fingerprint density at radius 3 is 2.09 bits per heavy atom. The summed E-state index contributed by atoms with van der Waals surface area (Å²) in [5, 5.41) is 2.38. The zero-order valence-electron chi connectivity index (χ0n) is 13.8. The summed E-state index contributed by atoms with van der Waals surface area (Å²) in [4.78, 5) is 0. The number of aryl methyl sites for hydroxylation is 1. The van der Waals surface area contributed by atoms with Gasteiger partial charge in [-0.25, -0.2) is 0 Å². The lowest BCUT2D eigenvalue weighted by molar-refractivity contribution is 0.667. The molecule has 0 saturated heterocycles. The van der Waals surface area contributed by atoms with Gasteiger partial charge in [-0.2, -0.15) is 0 Å². The van der Waals surface area contributed by atoms with Crippen LogP contribution in [-0.4, -0.2) is 0 Å². The van der Waals surface area contributed by atoms with E-state index in [2.05, 4.69) is 81.4 Å². The highest BCUT2D eigenvalue weighted by molar-refractivity contribution is 6.10. The number of hydrogen-bond acceptors (Lipinski definition) is 1. The highest BCUT2D eigenvalue weighted by atomic mass is 16.3. The van der Waals surface area contributed by atoms with E-state index in [4.69, 9.17) is 4.42 Å². The Morgan fingerprint density at radius 1 is 0.739 bits per heavy atom. The molecule has 0 saturated carbocycles. The first-order chi connectivity index (χ1) is 11.1. The molecule has 0 spiro atoms. The van der Waals surface area contributed by atoms with Crippen molar-refractivity contribution in [2.45, 2.75) is 26.7 Å². The topological polar surface area (TPSA) is 13.1 Å². The van der Waals surface area contributed by atoms with Crippen molar-refractivity contribution in [3.63, 3.8) is 0 Å². The van der Waals surface area contributed by atoms with E-state index in [9.17, 15) is 0 Å². The Balaban J connectivity index is 1.97. The van der Waals surface area contributed by atoms with Crippen LogP contribution in [-0.2, 0) is 0 Å². The van der Waals surface area contributed by atoms with E-state index < -0.39 is 0 Å². The second-order valence-electron chi connectivity index (χ2n) is 6.51. The molecule has 0 aliphatic rings. The van der Waals surface area contributed by atoms with Crippen LogP contribution < -0.4 is 0 Å². The maximum absolute atomic E-state index is 6.25. The van der Waals surface area contributed by atoms with Gasteiger partial charge in [0.2, 0.25) is 0 Å². The number of furan rings is 1. The summed E-state index contributed by atoms with van der Waals surface area (Å²) in [7, 11) is 0. The van der Waals surface area contributed by atoms with E-state index in [0.717, 1.165) is 16.7 Å². The normalized spacial score (nSPS) is 11.7. The Labute approximate surface area is 136 Å². The van der Waals surface area contributed by atoms with E-state index >= 15 is 0 Å². The fraction of sp³-hybridized carbons (Fsp3) is 0.182. The van der Waals surface area contributed by atoms with Crippen LogP contribution in [0.4, 0.5) is 0 Å². The van der Waals surface area contributed by atoms with Crippen molar-refractivity contribution < 1.29 is 4.42 Å². The first kappa shape index (κ1) is 14.1. The average molecular weight is 300 g/mol. The predicted octanol–water partition coefficient (Wildman–Crippen LogP) is 6.68. The van der Waals surface area contributed by atoms with Gasteiger partial charge in [0.05, 0.1) is 0 Å². The van der Waals surface area contributed by atoms with Gasteiger partial charge in [-0.15, -0.1) is 0 Å². The molecule has 0 aliphatic carbocycles. The third-order valence-electron chi connectivity index (χ3n) is 4.61. The minimum atomic E-state index is 0.550. The van der Waals surface area contributed by atoms with Gasteiger partial charge in [0.15, 0.2) is 0 Å². The molecule has 0 radical (unpaired) electrons. The highest BCUT2D eigenvalue weighted by Gasteiger charge is 2.13. The molecule has 4 aromatic rings. The van der Waals surface area contributed by atoms with Crippen molar-refractivity contribution in [3.05, 3.63) is 71.8 Å². The van der Waals surface area contributed by atoms with E-state index in [1.165, 1.54) is 27.5 Å². The number of fused-ring (bicyclic) bond motifs is 3. The van der Waals surface area contributed by atoms with Crippen LogP contribution in [0, 0.1) is 6.92 Å². The monoisotopic (exact) mass is 300 g/mol. The molecule has 0 atom stereocenters. The van der Waals surface area contributed by atoms with Crippen LogP contribution in [0.3, 0.4) is 0 Å². The molecule has 3 aromatic carbocycles. The largest absolute Gasteiger partial charge is 0.455 e. The molecule has 0 unspecified atom stereocenters. The molecule has 23 heavy (non-hydrogen) atoms. The summed E-state index contributed by atoms with van der Waals surface area (Å²) < 4.78 is 6.25. The summed E-state index contributed by atoms with van der Waals surface area (Å²) in [6, 6.07) is 21.6. The summed E-state index contributed by atoms with van der Waals surface area (Å²) >= 11 is 0. The second kappa shape index (κ2) is 5.27. The summed E-state index contributed by atoms with van der Waals surface area (Å²) in [6.07, 6.45) is 0. The first-order valence-electron chi connectivity index (χ1n) is 8.16. The van der Waals surface area contributed by atoms with Gasteiger partial charge in [-0.3, -0.25) is 0 Å². The Bertz CT molecular complexity index is 988. The van der Waals surface area contributed by atoms with Gasteiger partial charge >= 0.3 is 0 Å². The fourth-order valence-electron chi connectivity index (χ4n) is 3.24. The third kappa shape index (κ3) is 2.24. The number of para-hydroxylation sites is 2. The molecule has 1 nitrogen and oxygen atoms in total. The van der Waals surface area contributed by atoms with E-state index in [1.54, 1.807) is 0 Å². The van der Waals surface area contributed by atoms with Gasteiger partial charge in [-0.1, -0.05) is 74.5 Å². The van der Waals surface area contributed by atoms with Crippen LogP contribution in [0.25, 0.3) is 33.1 Å². The lowest BCUT2D eigenvalue weighted by Gasteiger charge is -2.07. The number of rotatable bonds is 2. The lowest BCUT2D eigenvalue weighted by Crippen LogP contribution is -1.86. The van der Waals surface area contributed by atoms with Crippen LogP contribution >= 0.6 is 0 Å². The maximum atomic E-state index is 6.25. The molecule has 4 rings (SSSR count). The highest BCUT2D eigenvalue weighted by Crippen LogP contribution is 2.37. The first-order valence-corrected chi connectivity index (χ1v) is 8.16. The Kier molecular flexibility index (Phi) is 3.23. The standard InChI is InChI=1S/C22H20O/c1-14(2)16-10-12-17(13-11-16)18-7-5-9-20-19-8-4-6-15(3)21(19)23-22(18)20/h4-14H,1-3H3. The summed E-state index contributed by atoms with van der Waals surface area (Å²) in [5.74, 6) is 0.550. The maximum Gasteiger partial charge on any atom is 0.143 e. The fourth-order valence-corrected chi connectivity index (χ4v) is 3.24. The van der Waals surface area contributed by atoms with E-state index in [-0.39, 0.29) is 0 Å². The molecule has 0 fully saturated rings. The van der Waals surface area contributed by atoms with Crippen LogP contribution in [0.15, 0.2) is 65.1 Å². The van der Waals surface area contributed by atoms with Crippen LogP contribution in [0.5, 0.6) is 0 Å². The molecular weight excluding hydrogens is 280 g/mol. The molecule has 0 aliphatic heterocycles.